The summed E-state index contributed by atoms with van der Waals surface area (Å²) in [6.45, 7) is 4.97. The van der Waals surface area contributed by atoms with E-state index in [1.165, 1.54) is 17.6 Å². The minimum atomic E-state index is -0.574. The number of carbonyl (C=O) groups is 1. The van der Waals surface area contributed by atoms with Crippen molar-refractivity contribution in [1.29, 1.82) is 0 Å². The first-order valence-electron chi connectivity index (χ1n) is 10.1. The number of hydrogen-bond acceptors (Lipinski definition) is 4. The van der Waals surface area contributed by atoms with Gasteiger partial charge in [0.05, 0.1) is 13.2 Å². The number of nitrogens with zero attached hydrogens (tertiary/aromatic N) is 2. The lowest BCUT2D eigenvalue weighted by atomic mass is 9.79. The number of rotatable bonds is 8. The maximum absolute atomic E-state index is 12.9. The molecule has 0 bridgehead atoms. The van der Waals surface area contributed by atoms with Crippen molar-refractivity contribution < 1.29 is 9.53 Å². The van der Waals surface area contributed by atoms with Gasteiger partial charge in [-0.1, -0.05) is 42.5 Å². The Kier molecular flexibility index (Phi) is 7.00. The molecule has 146 valence electrons. The summed E-state index contributed by atoms with van der Waals surface area (Å²) < 4.78 is 5.41. The van der Waals surface area contributed by atoms with E-state index in [4.69, 9.17) is 4.74 Å². The molecule has 27 heavy (non-hydrogen) atoms. The van der Waals surface area contributed by atoms with Crippen molar-refractivity contribution in [1.82, 2.24) is 9.80 Å². The zero-order valence-corrected chi connectivity index (χ0v) is 16.7. The highest BCUT2D eigenvalue weighted by Crippen LogP contribution is 2.29. The molecule has 3 rings (SSSR count). The summed E-state index contributed by atoms with van der Waals surface area (Å²) in [4.78, 5) is 17.4. The third-order valence-electron chi connectivity index (χ3n) is 5.71. The maximum Gasteiger partial charge on any atom is 0.180 e. The Labute approximate surface area is 163 Å². The van der Waals surface area contributed by atoms with Gasteiger partial charge in [0.25, 0.3) is 0 Å². The lowest BCUT2D eigenvalue weighted by Crippen LogP contribution is -2.51. The summed E-state index contributed by atoms with van der Waals surface area (Å²) in [7, 11) is 4.01. The molecule has 0 saturated carbocycles. The van der Waals surface area contributed by atoms with E-state index in [2.05, 4.69) is 28.0 Å². The monoisotopic (exact) mass is 368 g/mol. The standard InChI is InChI=1S/C23H32N2O2/c1-24(2)23(18-20-8-4-3-5-9-20)19-21(11-12-22(23)26)10-6-7-13-25-14-16-27-17-15-25/h3-5,8-9,11-12,19H,6-7,10,13-18H2,1-2H3. The van der Waals surface area contributed by atoms with Gasteiger partial charge in [0.15, 0.2) is 5.78 Å². The first-order chi connectivity index (χ1) is 13.1. The van der Waals surface area contributed by atoms with Gasteiger partial charge in [0.1, 0.15) is 5.54 Å². The van der Waals surface area contributed by atoms with E-state index in [1.807, 2.05) is 38.4 Å². The van der Waals surface area contributed by atoms with Crippen LogP contribution in [0.2, 0.25) is 0 Å². The summed E-state index contributed by atoms with van der Waals surface area (Å²) in [5, 5.41) is 0. The lowest BCUT2D eigenvalue weighted by Gasteiger charge is -2.37. The molecule has 1 heterocycles. The van der Waals surface area contributed by atoms with Crippen LogP contribution in [0.3, 0.4) is 0 Å². The first kappa shape index (κ1) is 20.0. The Morgan fingerprint density at radius 1 is 1.07 bits per heavy atom. The molecule has 1 aromatic carbocycles. The van der Waals surface area contributed by atoms with Gasteiger partial charge in [-0.05, 0) is 57.1 Å². The van der Waals surface area contributed by atoms with Crippen molar-refractivity contribution >= 4 is 5.78 Å². The minimum Gasteiger partial charge on any atom is -0.379 e. The Balaban J connectivity index is 1.62. The van der Waals surface area contributed by atoms with Crippen LogP contribution in [0.5, 0.6) is 0 Å². The normalized spacial score (nSPS) is 23.7. The predicted molar refractivity (Wildman–Crippen MR) is 110 cm³/mol. The molecular weight excluding hydrogens is 336 g/mol. The SMILES string of the molecule is CN(C)C1(Cc2ccccc2)C=C(CCCCN2CCOCC2)C=CC1=O. The van der Waals surface area contributed by atoms with Gasteiger partial charge in [0.2, 0.25) is 0 Å². The maximum atomic E-state index is 12.9. The van der Waals surface area contributed by atoms with Crippen LogP contribution in [0.15, 0.2) is 54.1 Å². The van der Waals surface area contributed by atoms with Crippen LogP contribution in [0, 0.1) is 0 Å². The summed E-state index contributed by atoms with van der Waals surface area (Å²) in [5.74, 6) is 0.174. The van der Waals surface area contributed by atoms with E-state index in [-0.39, 0.29) is 5.78 Å². The molecule has 0 spiro atoms. The van der Waals surface area contributed by atoms with E-state index in [0.717, 1.165) is 45.7 Å². The Morgan fingerprint density at radius 3 is 2.52 bits per heavy atom. The molecule has 0 N–H and O–H groups in total. The Morgan fingerprint density at radius 2 is 1.81 bits per heavy atom. The zero-order valence-electron chi connectivity index (χ0n) is 16.7. The van der Waals surface area contributed by atoms with Crippen molar-refractivity contribution in [3.05, 3.63) is 59.7 Å². The molecule has 4 heteroatoms. The number of benzene rings is 1. The molecule has 1 unspecified atom stereocenters. The van der Waals surface area contributed by atoms with E-state index in [1.54, 1.807) is 6.08 Å². The Bertz CT molecular complexity index is 675. The van der Waals surface area contributed by atoms with E-state index < -0.39 is 5.54 Å². The van der Waals surface area contributed by atoms with Gasteiger partial charge in [-0.15, -0.1) is 0 Å². The fourth-order valence-electron chi connectivity index (χ4n) is 3.95. The van der Waals surface area contributed by atoms with Crippen LogP contribution in [-0.2, 0) is 16.0 Å². The van der Waals surface area contributed by atoms with Crippen molar-refractivity contribution in [3.63, 3.8) is 0 Å². The quantitative estimate of drug-likeness (QED) is 0.660. The predicted octanol–water partition coefficient (Wildman–Crippen LogP) is 3.10. The molecule has 1 atom stereocenters. The second-order valence-corrected chi connectivity index (χ2v) is 7.81. The minimum absolute atomic E-state index is 0.174. The summed E-state index contributed by atoms with van der Waals surface area (Å²) in [5.41, 5.74) is 1.90. The second kappa shape index (κ2) is 9.45. The highest BCUT2D eigenvalue weighted by Gasteiger charge is 2.39. The molecule has 0 amide bonds. The number of ketones is 1. The highest BCUT2D eigenvalue weighted by molar-refractivity contribution is 6.01. The van der Waals surface area contributed by atoms with Gasteiger partial charge >= 0.3 is 0 Å². The zero-order chi connectivity index (χ0) is 19.1. The van der Waals surface area contributed by atoms with E-state index in [9.17, 15) is 4.79 Å². The van der Waals surface area contributed by atoms with Gasteiger partial charge < -0.3 is 4.74 Å². The summed E-state index contributed by atoms with van der Waals surface area (Å²) in [6, 6.07) is 10.3. The smallest absolute Gasteiger partial charge is 0.180 e. The topological polar surface area (TPSA) is 32.8 Å². The van der Waals surface area contributed by atoms with Gasteiger partial charge in [0, 0.05) is 19.5 Å². The van der Waals surface area contributed by atoms with Gasteiger partial charge in [-0.25, -0.2) is 0 Å². The molecule has 1 aliphatic carbocycles. The highest BCUT2D eigenvalue weighted by atomic mass is 16.5. The van der Waals surface area contributed by atoms with Gasteiger partial charge in [-0.2, -0.15) is 0 Å². The molecule has 0 radical (unpaired) electrons. The van der Waals surface area contributed by atoms with Crippen LogP contribution in [0.25, 0.3) is 0 Å². The molecule has 1 saturated heterocycles. The first-order valence-corrected chi connectivity index (χ1v) is 10.1. The third kappa shape index (κ3) is 5.16. The molecule has 1 aliphatic heterocycles. The molecule has 0 aromatic heterocycles. The number of carbonyl (C=O) groups excluding carboxylic acids is 1. The number of unbranched alkanes of at least 4 members (excludes halogenated alkanes) is 1. The molecule has 1 fully saturated rings. The molecular formula is C23H32N2O2. The third-order valence-corrected chi connectivity index (χ3v) is 5.71. The fourth-order valence-corrected chi connectivity index (χ4v) is 3.95. The number of allylic oxidation sites excluding steroid dienone is 2. The second-order valence-electron chi connectivity index (χ2n) is 7.81. The van der Waals surface area contributed by atoms with E-state index >= 15 is 0 Å². The van der Waals surface area contributed by atoms with E-state index in [0.29, 0.717) is 6.42 Å². The number of hydrogen-bond donors (Lipinski definition) is 0. The van der Waals surface area contributed by atoms with Gasteiger partial charge in [-0.3, -0.25) is 14.6 Å². The average molecular weight is 369 g/mol. The summed E-state index contributed by atoms with van der Waals surface area (Å²) >= 11 is 0. The van der Waals surface area contributed by atoms with Crippen molar-refractivity contribution in [2.75, 3.05) is 46.9 Å². The Hall–Kier alpha value is -1.75. The number of morpholine rings is 1. The van der Waals surface area contributed by atoms with Crippen molar-refractivity contribution in [3.8, 4) is 0 Å². The molecule has 4 nitrogen and oxygen atoms in total. The lowest BCUT2D eigenvalue weighted by molar-refractivity contribution is -0.122. The van der Waals surface area contributed by atoms with Crippen LogP contribution >= 0.6 is 0 Å². The largest absolute Gasteiger partial charge is 0.379 e. The fraction of sp³-hybridized carbons (Fsp3) is 0.522. The molecule has 2 aliphatic rings. The number of likely N-dealkylation sites (N-methyl/N-ethyl adjacent to an activating group) is 1. The molecule has 1 aromatic rings. The van der Waals surface area contributed by atoms with Crippen molar-refractivity contribution in [2.45, 2.75) is 31.2 Å². The average Bonchev–Trinajstić information content (AvgIpc) is 2.69. The van der Waals surface area contributed by atoms with Crippen LogP contribution in [-0.4, -0.2) is 68.1 Å². The van der Waals surface area contributed by atoms with Crippen LogP contribution in [0.4, 0.5) is 0 Å². The van der Waals surface area contributed by atoms with Crippen LogP contribution in [0.1, 0.15) is 24.8 Å². The number of ether oxygens (including phenoxy) is 1. The van der Waals surface area contributed by atoms with Crippen LogP contribution < -0.4 is 0 Å². The van der Waals surface area contributed by atoms with Crippen molar-refractivity contribution in [2.24, 2.45) is 0 Å². The summed E-state index contributed by atoms with van der Waals surface area (Å²) in [6.07, 6.45) is 10.1.